The van der Waals surface area contributed by atoms with Crippen LogP contribution in [0, 0.1) is 6.92 Å². The van der Waals surface area contributed by atoms with Crippen molar-refractivity contribution >= 4 is 17.4 Å². The van der Waals surface area contributed by atoms with Crippen molar-refractivity contribution in [3.05, 3.63) is 70.8 Å². The minimum Gasteiger partial charge on any atom is -0.507 e. The second-order valence-electron chi connectivity index (χ2n) is 11.2. The number of hydrogen-bond donors (Lipinski definition) is 1. The highest BCUT2D eigenvalue weighted by Crippen LogP contribution is 2.40. The Morgan fingerprint density at radius 2 is 1.25 bits per heavy atom. The number of unbranched alkanes of at least 4 members (excludes halogenated alkanes) is 13. The highest BCUT2D eigenvalue weighted by atomic mass is 16.5. The van der Waals surface area contributed by atoms with Gasteiger partial charge < -0.3 is 14.7 Å². The number of methoxy groups -OCH3 is 1. The topological polar surface area (TPSA) is 66.8 Å². The maximum Gasteiger partial charge on any atom is 0.295 e. The Hall–Kier alpha value is -3.08. The number of aliphatic hydroxyl groups is 1. The van der Waals surface area contributed by atoms with Gasteiger partial charge in [0.1, 0.15) is 11.5 Å². The average Bonchev–Trinajstić information content (AvgIpc) is 3.22. The molecule has 0 unspecified atom stereocenters. The molecule has 5 nitrogen and oxygen atoms in total. The molecule has 0 bridgehead atoms. The number of ether oxygens (including phenoxy) is 1. The zero-order chi connectivity index (χ0) is 28.7. The van der Waals surface area contributed by atoms with Crippen LogP contribution in [0.15, 0.2) is 54.1 Å². The summed E-state index contributed by atoms with van der Waals surface area (Å²) in [6.07, 6.45) is 17.7. The molecule has 0 saturated carbocycles. The summed E-state index contributed by atoms with van der Waals surface area (Å²) >= 11 is 0. The number of Topliss-reactive ketones (excluding diaryl/α,β-unsaturated/α-hetero) is 1. The van der Waals surface area contributed by atoms with E-state index in [9.17, 15) is 14.7 Å². The van der Waals surface area contributed by atoms with Crippen molar-refractivity contribution in [1.82, 2.24) is 4.90 Å². The first kappa shape index (κ1) is 31.4. The molecular formula is C35H49NO4. The molecule has 1 fully saturated rings. The lowest BCUT2D eigenvalue weighted by Crippen LogP contribution is -2.30. The van der Waals surface area contributed by atoms with E-state index < -0.39 is 17.7 Å². The quantitative estimate of drug-likeness (QED) is 0.0876. The molecule has 0 aromatic heterocycles. The van der Waals surface area contributed by atoms with Gasteiger partial charge in [0.2, 0.25) is 0 Å². The Bertz CT molecular complexity index is 1090. The lowest BCUT2D eigenvalue weighted by Gasteiger charge is -2.25. The molecule has 218 valence electrons. The third kappa shape index (κ3) is 8.97. The third-order valence-corrected chi connectivity index (χ3v) is 8.05. The van der Waals surface area contributed by atoms with Crippen LogP contribution in [0.2, 0.25) is 0 Å². The molecule has 1 saturated heterocycles. The number of hydrogen-bond acceptors (Lipinski definition) is 4. The predicted octanol–water partition coefficient (Wildman–Crippen LogP) is 8.91. The number of nitrogens with zero attached hydrogens (tertiary/aromatic N) is 1. The van der Waals surface area contributed by atoms with Crippen LogP contribution in [0.4, 0.5) is 0 Å². The number of carbonyl (C=O) groups excluding carboxylic acids is 2. The molecule has 0 spiro atoms. The van der Waals surface area contributed by atoms with E-state index in [0.29, 0.717) is 17.9 Å². The Morgan fingerprint density at radius 1 is 0.750 bits per heavy atom. The summed E-state index contributed by atoms with van der Waals surface area (Å²) in [4.78, 5) is 28.0. The number of aryl methyl sites for hydroxylation is 1. The van der Waals surface area contributed by atoms with Crippen LogP contribution in [-0.4, -0.2) is 35.4 Å². The fourth-order valence-electron chi connectivity index (χ4n) is 5.59. The van der Waals surface area contributed by atoms with Gasteiger partial charge in [0.25, 0.3) is 11.7 Å². The van der Waals surface area contributed by atoms with Gasteiger partial charge in [0, 0.05) is 12.1 Å². The molecule has 2 aromatic carbocycles. The predicted molar refractivity (Wildman–Crippen MR) is 163 cm³/mol. The number of rotatable bonds is 18. The number of aliphatic hydroxyl groups excluding tert-OH is 1. The summed E-state index contributed by atoms with van der Waals surface area (Å²) in [6.45, 7) is 4.72. The summed E-state index contributed by atoms with van der Waals surface area (Å²) in [6, 6.07) is 14.1. The summed E-state index contributed by atoms with van der Waals surface area (Å²) in [5.41, 5.74) is 2.54. The second-order valence-corrected chi connectivity index (χ2v) is 11.2. The molecule has 1 N–H and O–H groups in total. The molecule has 1 amide bonds. The van der Waals surface area contributed by atoms with Crippen LogP contribution in [0.25, 0.3) is 5.76 Å². The van der Waals surface area contributed by atoms with Crippen LogP contribution in [0.5, 0.6) is 5.75 Å². The summed E-state index contributed by atoms with van der Waals surface area (Å²) < 4.78 is 5.30. The molecule has 0 aliphatic carbocycles. The monoisotopic (exact) mass is 547 g/mol. The smallest absolute Gasteiger partial charge is 0.295 e. The molecule has 1 aliphatic heterocycles. The summed E-state index contributed by atoms with van der Waals surface area (Å²) in [5.74, 6) is -0.581. The van der Waals surface area contributed by atoms with E-state index in [4.69, 9.17) is 4.74 Å². The Balaban J connectivity index is 1.55. The fourth-order valence-corrected chi connectivity index (χ4v) is 5.59. The molecule has 40 heavy (non-hydrogen) atoms. The van der Waals surface area contributed by atoms with Gasteiger partial charge in [-0.1, -0.05) is 132 Å². The first-order chi connectivity index (χ1) is 19.5. The summed E-state index contributed by atoms with van der Waals surface area (Å²) in [7, 11) is 1.61. The molecule has 1 heterocycles. The van der Waals surface area contributed by atoms with Crippen LogP contribution in [0.3, 0.4) is 0 Å². The zero-order valence-corrected chi connectivity index (χ0v) is 24.9. The first-order valence-corrected chi connectivity index (χ1v) is 15.5. The van der Waals surface area contributed by atoms with E-state index in [1.54, 1.807) is 24.1 Å². The number of amides is 1. The molecule has 1 aliphatic rings. The molecule has 2 aromatic rings. The first-order valence-electron chi connectivity index (χ1n) is 15.5. The van der Waals surface area contributed by atoms with Gasteiger partial charge in [-0.25, -0.2) is 0 Å². The van der Waals surface area contributed by atoms with Crippen LogP contribution in [-0.2, 0) is 9.59 Å². The average molecular weight is 548 g/mol. The van der Waals surface area contributed by atoms with Crippen molar-refractivity contribution in [3.63, 3.8) is 0 Å². The standard InChI is InChI=1S/C35H49NO4/c1-4-5-6-7-8-9-10-11-12-13-14-15-16-17-26-36-32(28-22-24-30(40-3)25-23-28)31(34(38)35(36)39)33(37)29-20-18-27(2)19-21-29/h18-25,32,37H,4-17,26H2,1-3H3/b33-31+/t32-/m0/s1. The van der Waals surface area contributed by atoms with E-state index in [-0.39, 0.29) is 11.3 Å². The number of carbonyl (C=O) groups is 2. The second kappa shape index (κ2) is 16.9. The van der Waals surface area contributed by atoms with Crippen LogP contribution >= 0.6 is 0 Å². The lowest BCUT2D eigenvalue weighted by atomic mass is 9.95. The van der Waals surface area contributed by atoms with Crippen LogP contribution < -0.4 is 4.74 Å². The Morgan fingerprint density at radius 3 is 1.75 bits per heavy atom. The minimum atomic E-state index is -0.621. The van der Waals surface area contributed by atoms with E-state index in [2.05, 4.69) is 6.92 Å². The molecule has 1 atom stereocenters. The van der Waals surface area contributed by atoms with Crippen molar-refractivity contribution in [2.75, 3.05) is 13.7 Å². The number of benzene rings is 2. The molecule has 3 rings (SSSR count). The molecule has 0 radical (unpaired) electrons. The van der Waals surface area contributed by atoms with E-state index >= 15 is 0 Å². The van der Waals surface area contributed by atoms with Crippen LogP contribution in [0.1, 0.15) is 120 Å². The summed E-state index contributed by atoms with van der Waals surface area (Å²) in [5, 5.41) is 11.2. The van der Waals surface area contributed by atoms with Crippen molar-refractivity contribution in [3.8, 4) is 5.75 Å². The van der Waals surface area contributed by atoms with E-state index in [0.717, 1.165) is 30.4 Å². The fraction of sp³-hybridized carbons (Fsp3) is 0.543. The minimum absolute atomic E-state index is 0.123. The van der Waals surface area contributed by atoms with Gasteiger partial charge in [-0.2, -0.15) is 0 Å². The van der Waals surface area contributed by atoms with Crippen molar-refractivity contribution in [2.24, 2.45) is 0 Å². The van der Waals surface area contributed by atoms with Crippen molar-refractivity contribution in [2.45, 2.75) is 110 Å². The highest BCUT2D eigenvalue weighted by molar-refractivity contribution is 6.46. The Labute approximate surface area is 241 Å². The number of ketones is 1. The Kier molecular flexibility index (Phi) is 13.3. The normalized spacial score (nSPS) is 16.6. The third-order valence-electron chi connectivity index (χ3n) is 8.05. The van der Waals surface area contributed by atoms with Gasteiger partial charge in [-0.05, 0) is 31.0 Å². The van der Waals surface area contributed by atoms with E-state index in [1.165, 1.54) is 70.6 Å². The molecular weight excluding hydrogens is 498 g/mol. The lowest BCUT2D eigenvalue weighted by molar-refractivity contribution is -0.139. The van der Waals surface area contributed by atoms with Gasteiger partial charge in [0.15, 0.2) is 0 Å². The zero-order valence-electron chi connectivity index (χ0n) is 24.9. The number of likely N-dealkylation sites (tertiary alicyclic amines) is 1. The largest absolute Gasteiger partial charge is 0.507 e. The maximum absolute atomic E-state index is 13.2. The maximum atomic E-state index is 13.2. The van der Waals surface area contributed by atoms with Gasteiger partial charge in [0.05, 0.1) is 18.7 Å². The van der Waals surface area contributed by atoms with Gasteiger partial charge in [-0.3, -0.25) is 9.59 Å². The van der Waals surface area contributed by atoms with Gasteiger partial charge in [-0.15, -0.1) is 0 Å². The molecule has 5 heteroatoms. The highest BCUT2D eigenvalue weighted by Gasteiger charge is 2.45. The van der Waals surface area contributed by atoms with Crippen molar-refractivity contribution < 1.29 is 19.4 Å². The SMILES string of the molecule is CCCCCCCCCCCCCCCCN1C(=O)C(=O)/C(=C(/O)c2ccc(C)cc2)[C@@H]1c1ccc(OC)cc1. The van der Waals surface area contributed by atoms with E-state index in [1.807, 2.05) is 43.3 Å². The van der Waals surface area contributed by atoms with Gasteiger partial charge >= 0.3 is 0 Å². The van der Waals surface area contributed by atoms with Crippen molar-refractivity contribution in [1.29, 1.82) is 0 Å².